The fourth-order valence-electron chi connectivity index (χ4n) is 2.40. The Balaban J connectivity index is 1.78. The first kappa shape index (κ1) is 14.4. The number of pyridine rings is 1. The number of rotatable bonds is 5. The summed E-state index contributed by atoms with van der Waals surface area (Å²) in [5, 5.41) is 0. The minimum atomic E-state index is 0.237. The summed E-state index contributed by atoms with van der Waals surface area (Å²) in [6.45, 7) is 2.96. The van der Waals surface area contributed by atoms with Crippen molar-refractivity contribution >= 4 is 0 Å². The van der Waals surface area contributed by atoms with Crippen LogP contribution in [0.4, 0.5) is 0 Å². The van der Waals surface area contributed by atoms with Gasteiger partial charge in [0.25, 0.3) is 0 Å². The van der Waals surface area contributed by atoms with Crippen LogP contribution in [0.1, 0.15) is 24.4 Å². The molecule has 0 aliphatic carbocycles. The Morgan fingerprint density at radius 3 is 2.50 bits per heavy atom. The molecule has 0 radical (unpaired) electrons. The first-order valence-corrected chi connectivity index (χ1v) is 7.30. The Morgan fingerprint density at radius 2 is 1.77 bits per heavy atom. The van der Waals surface area contributed by atoms with Crippen molar-refractivity contribution in [1.82, 2.24) is 24.4 Å². The highest BCUT2D eigenvalue weighted by atomic mass is 15.2. The Morgan fingerprint density at radius 1 is 1.00 bits per heavy atom. The van der Waals surface area contributed by atoms with Gasteiger partial charge in [-0.3, -0.25) is 14.5 Å². The Hall–Kier alpha value is -2.53. The van der Waals surface area contributed by atoms with E-state index in [1.807, 2.05) is 41.2 Å². The molecule has 0 unspecified atom stereocenters. The van der Waals surface area contributed by atoms with E-state index in [9.17, 15) is 0 Å². The first-order chi connectivity index (χ1) is 10.8. The lowest BCUT2D eigenvalue weighted by atomic mass is 10.2. The molecule has 0 aliphatic heterocycles. The van der Waals surface area contributed by atoms with Crippen LogP contribution in [0.3, 0.4) is 0 Å². The summed E-state index contributed by atoms with van der Waals surface area (Å²) in [5.74, 6) is 0.696. The Kier molecular flexibility index (Phi) is 4.25. The van der Waals surface area contributed by atoms with Gasteiger partial charge in [-0.15, -0.1) is 0 Å². The molecular formula is C17H19N5. The van der Waals surface area contributed by atoms with Crippen LogP contribution >= 0.6 is 0 Å². The molecule has 3 rings (SSSR count). The summed E-state index contributed by atoms with van der Waals surface area (Å²) in [6, 6.07) is 12.2. The molecular weight excluding hydrogens is 274 g/mol. The Bertz CT molecular complexity index is 708. The smallest absolute Gasteiger partial charge is 0.233 e. The molecule has 0 saturated carbocycles. The van der Waals surface area contributed by atoms with Gasteiger partial charge in [-0.05, 0) is 44.3 Å². The van der Waals surface area contributed by atoms with E-state index >= 15 is 0 Å². The zero-order valence-corrected chi connectivity index (χ0v) is 12.8. The van der Waals surface area contributed by atoms with Gasteiger partial charge < -0.3 is 0 Å². The predicted octanol–water partition coefficient (Wildman–Crippen LogP) is 2.86. The van der Waals surface area contributed by atoms with Crippen LogP contribution in [-0.4, -0.2) is 31.5 Å². The quantitative estimate of drug-likeness (QED) is 0.725. The lowest BCUT2D eigenvalue weighted by molar-refractivity contribution is 0.244. The van der Waals surface area contributed by atoms with Crippen LogP contribution in [0.5, 0.6) is 0 Å². The number of aromatic nitrogens is 4. The van der Waals surface area contributed by atoms with Gasteiger partial charge in [0.15, 0.2) is 0 Å². The summed E-state index contributed by atoms with van der Waals surface area (Å²) in [7, 11) is 2.10. The molecule has 0 aromatic carbocycles. The van der Waals surface area contributed by atoms with Crippen molar-refractivity contribution in [3.63, 3.8) is 0 Å². The minimum Gasteiger partial charge on any atom is -0.292 e. The third-order valence-electron chi connectivity index (χ3n) is 3.79. The highest BCUT2D eigenvalue weighted by Gasteiger charge is 2.15. The van der Waals surface area contributed by atoms with Gasteiger partial charge >= 0.3 is 0 Å². The second-order valence-corrected chi connectivity index (χ2v) is 5.26. The van der Waals surface area contributed by atoms with Crippen molar-refractivity contribution in [3.8, 4) is 5.95 Å². The van der Waals surface area contributed by atoms with Crippen LogP contribution in [0.15, 0.2) is 61.2 Å². The van der Waals surface area contributed by atoms with Gasteiger partial charge in [0.1, 0.15) is 0 Å². The fraction of sp³-hybridized carbons (Fsp3) is 0.235. The van der Waals surface area contributed by atoms with Crippen molar-refractivity contribution in [2.75, 3.05) is 7.05 Å². The van der Waals surface area contributed by atoms with Crippen LogP contribution in [0.2, 0.25) is 0 Å². The predicted molar refractivity (Wildman–Crippen MR) is 85.5 cm³/mol. The molecule has 0 amide bonds. The van der Waals surface area contributed by atoms with E-state index in [1.54, 1.807) is 12.4 Å². The third kappa shape index (κ3) is 3.04. The molecule has 0 N–H and O–H groups in total. The van der Waals surface area contributed by atoms with E-state index < -0.39 is 0 Å². The molecule has 0 saturated heterocycles. The van der Waals surface area contributed by atoms with Crippen molar-refractivity contribution in [3.05, 3.63) is 72.6 Å². The molecule has 3 aromatic rings. The number of nitrogens with zero attached hydrogens (tertiary/aromatic N) is 5. The van der Waals surface area contributed by atoms with Crippen LogP contribution in [0, 0.1) is 0 Å². The highest BCUT2D eigenvalue weighted by molar-refractivity contribution is 5.20. The average Bonchev–Trinajstić information content (AvgIpc) is 3.04. The van der Waals surface area contributed by atoms with Gasteiger partial charge in [0.2, 0.25) is 5.95 Å². The molecule has 3 heterocycles. The van der Waals surface area contributed by atoms with Gasteiger partial charge in [0, 0.05) is 43.1 Å². The van der Waals surface area contributed by atoms with E-state index in [-0.39, 0.29) is 6.04 Å². The van der Waals surface area contributed by atoms with E-state index in [2.05, 4.69) is 46.0 Å². The van der Waals surface area contributed by atoms with E-state index in [0.717, 1.165) is 17.9 Å². The van der Waals surface area contributed by atoms with Crippen LogP contribution in [-0.2, 0) is 6.54 Å². The normalized spacial score (nSPS) is 12.5. The lowest BCUT2D eigenvalue weighted by Crippen LogP contribution is -2.24. The fourth-order valence-corrected chi connectivity index (χ4v) is 2.40. The van der Waals surface area contributed by atoms with Crippen molar-refractivity contribution in [2.24, 2.45) is 0 Å². The molecule has 5 heteroatoms. The molecule has 1 atom stereocenters. The summed E-state index contributed by atoms with van der Waals surface area (Å²) >= 11 is 0. The van der Waals surface area contributed by atoms with Gasteiger partial charge in [-0.2, -0.15) is 0 Å². The van der Waals surface area contributed by atoms with E-state index in [1.165, 1.54) is 0 Å². The zero-order chi connectivity index (χ0) is 15.4. The second kappa shape index (κ2) is 6.49. The SMILES string of the molecule is C[C@@H](c1ccccn1)N(C)Cc1cccn1-c1ncccn1. The van der Waals surface area contributed by atoms with Crippen LogP contribution in [0.25, 0.3) is 5.95 Å². The van der Waals surface area contributed by atoms with Crippen molar-refractivity contribution < 1.29 is 0 Å². The molecule has 0 fully saturated rings. The van der Waals surface area contributed by atoms with E-state index in [0.29, 0.717) is 5.95 Å². The second-order valence-electron chi connectivity index (χ2n) is 5.26. The molecule has 0 bridgehead atoms. The number of hydrogen-bond donors (Lipinski definition) is 0. The Labute approximate surface area is 130 Å². The maximum Gasteiger partial charge on any atom is 0.233 e. The molecule has 112 valence electrons. The zero-order valence-electron chi connectivity index (χ0n) is 12.8. The third-order valence-corrected chi connectivity index (χ3v) is 3.79. The maximum atomic E-state index is 4.44. The maximum absolute atomic E-state index is 4.44. The van der Waals surface area contributed by atoms with Gasteiger partial charge in [-0.1, -0.05) is 6.07 Å². The highest BCUT2D eigenvalue weighted by Crippen LogP contribution is 2.19. The average molecular weight is 293 g/mol. The largest absolute Gasteiger partial charge is 0.292 e. The van der Waals surface area contributed by atoms with Gasteiger partial charge in [-0.25, -0.2) is 9.97 Å². The molecule has 3 aromatic heterocycles. The monoisotopic (exact) mass is 293 g/mol. The standard InChI is InChI=1S/C17H19N5/c1-14(16-8-3-4-9-18-16)21(2)13-15-7-5-12-22(15)17-19-10-6-11-20-17/h3-12,14H,13H2,1-2H3/t14-/m0/s1. The van der Waals surface area contributed by atoms with Crippen LogP contribution < -0.4 is 0 Å². The summed E-state index contributed by atoms with van der Waals surface area (Å²) < 4.78 is 2.02. The van der Waals surface area contributed by atoms with Crippen molar-refractivity contribution in [1.29, 1.82) is 0 Å². The first-order valence-electron chi connectivity index (χ1n) is 7.30. The lowest BCUT2D eigenvalue weighted by Gasteiger charge is -2.24. The van der Waals surface area contributed by atoms with Crippen molar-refractivity contribution in [2.45, 2.75) is 19.5 Å². The number of hydrogen-bond acceptors (Lipinski definition) is 4. The topological polar surface area (TPSA) is 46.8 Å². The van der Waals surface area contributed by atoms with Gasteiger partial charge in [0.05, 0.1) is 5.69 Å². The molecule has 0 aliphatic rings. The molecule has 0 spiro atoms. The molecule has 5 nitrogen and oxygen atoms in total. The summed E-state index contributed by atoms with van der Waals surface area (Å²) in [5.41, 5.74) is 2.22. The van der Waals surface area contributed by atoms with E-state index in [4.69, 9.17) is 0 Å². The molecule has 22 heavy (non-hydrogen) atoms. The summed E-state index contributed by atoms with van der Waals surface area (Å²) in [6.07, 6.45) is 7.34. The summed E-state index contributed by atoms with van der Waals surface area (Å²) in [4.78, 5) is 15.3. The minimum absolute atomic E-state index is 0.237.